The van der Waals surface area contributed by atoms with Gasteiger partial charge in [-0.1, -0.05) is 24.6 Å². The molecule has 3 heterocycles. The lowest BCUT2D eigenvalue weighted by Gasteiger charge is -2.40. The summed E-state index contributed by atoms with van der Waals surface area (Å²) in [6.45, 7) is 7.66. The van der Waals surface area contributed by atoms with E-state index in [-0.39, 0.29) is 11.9 Å². The molecule has 7 nitrogen and oxygen atoms in total. The summed E-state index contributed by atoms with van der Waals surface area (Å²) < 4.78 is 0. The number of aromatic nitrogens is 4. The molecule has 4 rings (SSSR count). The summed E-state index contributed by atoms with van der Waals surface area (Å²) in [7, 11) is 0. The average Bonchev–Trinajstić information content (AvgIpc) is 3.28. The summed E-state index contributed by atoms with van der Waals surface area (Å²) >= 11 is 0. The van der Waals surface area contributed by atoms with Crippen molar-refractivity contribution < 1.29 is 4.79 Å². The number of nitrogens with zero attached hydrogens (tertiary/aromatic N) is 5. The third-order valence-electron chi connectivity index (χ3n) is 5.80. The van der Waals surface area contributed by atoms with E-state index in [0.29, 0.717) is 23.7 Å². The molecule has 3 aromatic rings. The average molecular weight is 405 g/mol. The highest BCUT2D eigenvalue weighted by molar-refractivity contribution is 5.98. The van der Waals surface area contributed by atoms with Crippen LogP contribution < -0.4 is 5.32 Å². The van der Waals surface area contributed by atoms with E-state index in [1.165, 1.54) is 4.80 Å². The first-order chi connectivity index (χ1) is 14.5. The molecule has 0 aliphatic carbocycles. The molecule has 2 aromatic heterocycles. The first-order valence-electron chi connectivity index (χ1n) is 10.5. The highest BCUT2D eigenvalue weighted by Gasteiger charge is 2.33. The number of rotatable bonds is 5. The van der Waals surface area contributed by atoms with Crippen LogP contribution >= 0.6 is 0 Å². The maximum absolute atomic E-state index is 13.7. The van der Waals surface area contributed by atoms with Gasteiger partial charge in [-0.3, -0.25) is 4.79 Å². The minimum atomic E-state index is 0.0289. The fourth-order valence-electron chi connectivity index (χ4n) is 4.08. The number of likely N-dealkylation sites (tertiary alicyclic amines) is 1. The molecule has 156 valence electrons. The predicted molar refractivity (Wildman–Crippen MR) is 117 cm³/mol. The second kappa shape index (κ2) is 8.65. The monoisotopic (exact) mass is 404 g/mol. The van der Waals surface area contributed by atoms with E-state index in [1.807, 2.05) is 55.3 Å². The van der Waals surface area contributed by atoms with Crippen LogP contribution in [0.1, 0.15) is 41.3 Å². The number of pyridine rings is 1. The quantitative estimate of drug-likeness (QED) is 0.703. The second-order valence-corrected chi connectivity index (χ2v) is 8.13. The number of aryl methyl sites for hydroxylation is 2. The Labute approximate surface area is 177 Å². The predicted octanol–water partition coefficient (Wildman–Crippen LogP) is 3.63. The van der Waals surface area contributed by atoms with Gasteiger partial charge in [-0.15, -0.1) is 0 Å². The van der Waals surface area contributed by atoms with Crippen molar-refractivity contribution >= 4 is 11.7 Å². The zero-order chi connectivity index (χ0) is 21.1. The normalized spacial score (nSPS) is 19.0. The topological polar surface area (TPSA) is 75.9 Å². The molecular weight excluding hydrogens is 376 g/mol. The number of benzene rings is 1. The number of amides is 1. The summed E-state index contributed by atoms with van der Waals surface area (Å²) in [4.78, 5) is 21.7. The number of nitrogens with one attached hydrogen (secondary N) is 1. The molecule has 7 heteroatoms. The Morgan fingerprint density at radius 2 is 1.90 bits per heavy atom. The SMILES string of the molecule is Cc1ccc(NCC2C(C)CCCN2C(=O)c2cc(C)ccc2-n2nccn2)nc1. The van der Waals surface area contributed by atoms with E-state index in [2.05, 4.69) is 27.4 Å². The minimum absolute atomic E-state index is 0.0289. The summed E-state index contributed by atoms with van der Waals surface area (Å²) in [5, 5.41) is 11.9. The van der Waals surface area contributed by atoms with Crippen LogP contribution in [-0.4, -0.2) is 49.9 Å². The Kier molecular flexibility index (Phi) is 5.79. The van der Waals surface area contributed by atoms with Crippen molar-refractivity contribution in [1.29, 1.82) is 0 Å². The number of hydrogen-bond donors (Lipinski definition) is 1. The van der Waals surface area contributed by atoms with Gasteiger partial charge < -0.3 is 10.2 Å². The molecule has 30 heavy (non-hydrogen) atoms. The highest BCUT2D eigenvalue weighted by Crippen LogP contribution is 2.27. The molecule has 1 aliphatic rings. The van der Waals surface area contributed by atoms with Crippen LogP contribution in [0.25, 0.3) is 5.69 Å². The molecular formula is C23H28N6O. The maximum atomic E-state index is 13.7. The first-order valence-corrected chi connectivity index (χ1v) is 10.5. The Hall–Kier alpha value is -3.22. The van der Waals surface area contributed by atoms with E-state index in [0.717, 1.165) is 36.3 Å². The third-order valence-corrected chi connectivity index (χ3v) is 5.80. The summed E-state index contributed by atoms with van der Waals surface area (Å²) in [6, 6.07) is 9.95. The van der Waals surface area contributed by atoms with Crippen LogP contribution in [-0.2, 0) is 0 Å². The van der Waals surface area contributed by atoms with Crippen molar-refractivity contribution in [3.05, 3.63) is 65.6 Å². The molecule has 0 bridgehead atoms. The standard InChI is InChI=1S/C23H28N6O/c1-16-6-8-20(29-26-10-11-27-29)19(13-16)23(30)28-12-4-5-18(3)21(28)15-25-22-9-7-17(2)14-24-22/h6-11,13-14,18,21H,4-5,12,15H2,1-3H3,(H,24,25). The van der Waals surface area contributed by atoms with Gasteiger partial charge in [0, 0.05) is 19.3 Å². The van der Waals surface area contributed by atoms with Crippen molar-refractivity contribution in [1.82, 2.24) is 24.9 Å². The molecule has 1 fully saturated rings. The van der Waals surface area contributed by atoms with Crippen LogP contribution in [0.15, 0.2) is 48.9 Å². The van der Waals surface area contributed by atoms with Gasteiger partial charge in [-0.05, 0) is 56.4 Å². The second-order valence-electron chi connectivity index (χ2n) is 8.13. The van der Waals surface area contributed by atoms with Crippen LogP contribution in [0.2, 0.25) is 0 Å². The van der Waals surface area contributed by atoms with Gasteiger partial charge >= 0.3 is 0 Å². The largest absolute Gasteiger partial charge is 0.368 e. The molecule has 2 atom stereocenters. The summed E-state index contributed by atoms with van der Waals surface area (Å²) in [5.74, 6) is 1.26. The number of carbonyl (C=O) groups excluding carboxylic acids is 1. The first kappa shape index (κ1) is 20.1. The van der Waals surface area contributed by atoms with E-state index in [1.54, 1.807) is 12.4 Å². The molecule has 1 N–H and O–H groups in total. The Balaban J connectivity index is 1.60. The van der Waals surface area contributed by atoms with E-state index < -0.39 is 0 Å². The Bertz CT molecular complexity index is 999. The van der Waals surface area contributed by atoms with E-state index in [9.17, 15) is 4.79 Å². The van der Waals surface area contributed by atoms with E-state index >= 15 is 0 Å². The Morgan fingerprint density at radius 3 is 2.63 bits per heavy atom. The molecule has 0 spiro atoms. The van der Waals surface area contributed by atoms with Gasteiger partial charge in [0.25, 0.3) is 5.91 Å². The molecule has 0 radical (unpaired) electrons. The van der Waals surface area contributed by atoms with Crippen molar-refractivity contribution in [3.8, 4) is 5.69 Å². The number of hydrogen-bond acceptors (Lipinski definition) is 5. The van der Waals surface area contributed by atoms with Crippen LogP contribution in [0, 0.1) is 19.8 Å². The molecule has 1 aliphatic heterocycles. The fourth-order valence-corrected chi connectivity index (χ4v) is 4.08. The number of carbonyl (C=O) groups is 1. The molecule has 1 amide bonds. The zero-order valence-electron chi connectivity index (χ0n) is 17.7. The molecule has 2 unspecified atom stereocenters. The van der Waals surface area contributed by atoms with Crippen molar-refractivity contribution in [2.45, 2.75) is 39.7 Å². The number of anilines is 1. The van der Waals surface area contributed by atoms with Gasteiger partial charge in [-0.2, -0.15) is 15.0 Å². The lowest BCUT2D eigenvalue weighted by Crippen LogP contribution is -2.51. The highest BCUT2D eigenvalue weighted by atomic mass is 16.2. The fraction of sp³-hybridized carbons (Fsp3) is 0.391. The van der Waals surface area contributed by atoms with Gasteiger partial charge in [0.1, 0.15) is 5.82 Å². The summed E-state index contributed by atoms with van der Waals surface area (Å²) in [6.07, 6.45) is 7.22. The number of piperidine rings is 1. The van der Waals surface area contributed by atoms with Gasteiger partial charge in [0.05, 0.1) is 29.7 Å². The van der Waals surface area contributed by atoms with Crippen molar-refractivity contribution in [2.75, 3.05) is 18.4 Å². The van der Waals surface area contributed by atoms with Gasteiger partial charge in [0.15, 0.2) is 0 Å². The maximum Gasteiger partial charge on any atom is 0.256 e. The molecule has 1 aromatic carbocycles. The van der Waals surface area contributed by atoms with Crippen LogP contribution in [0.3, 0.4) is 0 Å². The van der Waals surface area contributed by atoms with Crippen molar-refractivity contribution in [2.24, 2.45) is 5.92 Å². The summed E-state index contributed by atoms with van der Waals surface area (Å²) in [5.41, 5.74) is 3.51. The van der Waals surface area contributed by atoms with Gasteiger partial charge in [-0.25, -0.2) is 4.98 Å². The Morgan fingerprint density at radius 1 is 1.13 bits per heavy atom. The van der Waals surface area contributed by atoms with Gasteiger partial charge in [0.2, 0.25) is 0 Å². The van der Waals surface area contributed by atoms with Crippen LogP contribution in [0.4, 0.5) is 5.82 Å². The zero-order valence-corrected chi connectivity index (χ0v) is 17.7. The smallest absolute Gasteiger partial charge is 0.256 e. The lowest BCUT2D eigenvalue weighted by atomic mass is 9.89. The van der Waals surface area contributed by atoms with E-state index in [4.69, 9.17) is 0 Å². The molecule has 0 saturated carbocycles. The van der Waals surface area contributed by atoms with Crippen LogP contribution in [0.5, 0.6) is 0 Å². The van der Waals surface area contributed by atoms with Crippen molar-refractivity contribution in [3.63, 3.8) is 0 Å². The molecule has 1 saturated heterocycles. The minimum Gasteiger partial charge on any atom is -0.368 e. The lowest BCUT2D eigenvalue weighted by molar-refractivity contribution is 0.0539. The third kappa shape index (κ3) is 4.20.